The fraction of sp³-hybridized carbons (Fsp3) is 0.690. The van der Waals surface area contributed by atoms with E-state index < -0.39 is 12.0 Å². The molecule has 2 bridgehead atoms. The predicted octanol–water partition coefficient (Wildman–Crippen LogP) is 4.83. The zero-order valence-electron chi connectivity index (χ0n) is 21.5. The topological polar surface area (TPSA) is 78.7 Å². The van der Waals surface area contributed by atoms with E-state index in [0.29, 0.717) is 30.9 Å². The number of piperidine rings is 1. The summed E-state index contributed by atoms with van der Waals surface area (Å²) in [4.78, 5) is 34.8. The Morgan fingerprint density at radius 2 is 1.78 bits per heavy atom. The first-order valence-electron chi connectivity index (χ1n) is 14.3. The van der Waals surface area contributed by atoms with E-state index in [4.69, 9.17) is 0 Å². The normalized spacial score (nSPS) is 32.9. The highest BCUT2D eigenvalue weighted by Gasteiger charge is 2.41. The van der Waals surface area contributed by atoms with E-state index in [-0.39, 0.29) is 11.6 Å². The Hall–Kier alpha value is -2.41. The lowest BCUT2D eigenvalue weighted by molar-refractivity contribution is -0.140. The number of anilines is 1. The first kappa shape index (κ1) is 24.0. The molecule has 194 valence electrons. The molecule has 0 radical (unpaired) electrons. The van der Waals surface area contributed by atoms with Gasteiger partial charge in [-0.2, -0.15) is 0 Å². The van der Waals surface area contributed by atoms with Crippen molar-refractivity contribution in [3.63, 3.8) is 0 Å². The number of aliphatic carboxylic acids is 1. The second kappa shape index (κ2) is 9.81. The fourth-order valence-corrected chi connectivity index (χ4v) is 7.94. The number of benzene rings is 1. The van der Waals surface area contributed by atoms with E-state index in [1.807, 2.05) is 28.8 Å². The van der Waals surface area contributed by atoms with Crippen LogP contribution in [0.25, 0.3) is 11.0 Å². The van der Waals surface area contributed by atoms with Crippen LogP contribution in [-0.2, 0) is 4.79 Å². The van der Waals surface area contributed by atoms with Gasteiger partial charge < -0.3 is 14.6 Å². The largest absolute Gasteiger partial charge is 0.480 e. The van der Waals surface area contributed by atoms with E-state index in [0.717, 1.165) is 48.7 Å². The summed E-state index contributed by atoms with van der Waals surface area (Å²) in [6.07, 6.45) is 13.2. The Morgan fingerprint density at radius 1 is 1.00 bits per heavy atom. The molecule has 2 saturated carbocycles. The first-order chi connectivity index (χ1) is 17.5. The third-order valence-electron chi connectivity index (χ3n) is 9.65. The van der Waals surface area contributed by atoms with E-state index in [1.165, 1.54) is 44.9 Å². The molecule has 0 spiro atoms. The number of carboxylic acid groups (broad SMARTS) is 1. The molecule has 1 N–H and O–H groups in total. The van der Waals surface area contributed by atoms with Crippen LogP contribution in [0.2, 0.25) is 0 Å². The van der Waals surface area contributed by atoms with Gasteiger partial charge in [-0.3, -0.25) is 9.69 Å². The van der Waals surface area contributed by atoms with Crippen LogP contribution in [0.5, 0.6) is 0 Å². The summed E-state index contributed by atoms with van der Waals surface area (Å²) < 4.78 is 1.98. The number of likely N-dealkylation sites (tertiary alicyclic amines) is 1. The average molecular weight is 493 g/mol. The number of rotatable bonds is 6. The molecule has 4 aliphatic rings. The first-order valence-corrected chi connectivity index (χ1v) is 14.3. The molecule has 3 heterocycles. The van der Waals surface area contributed by atoms with Crippen molar-refractivity contribution in [3.05, 3.63) is 34.6 Å². The number of aromatic nitrogens is 2. The maximum Gasteiger partial charge on any atom is 0.326 e. The van der Waals surface area contributed by atoms with Gasteiger partial charge in [0.05, 0.1) is 11.0 Å². The van der Waals surface area contributed by atoms with E-state index in [9.17, 15) is 14.7 Å². The van der Waals surface area contributed by atoms with E-state index >= 15 is 0 Å². The smallest absolute Gasteiger partial charge is 0.326 e. The molecule has 2 saturated heterocycles. The molecule has 0 amide bonds. The standard InChI is InChI=1S/C29H40N4O3/c1-2-6-21-18-22(11-13-31(21)23-16-19-7-5-8-20(15-19)17-23)33-25-10-4-3-9-24(25)30-27(28(33)34)32-14-12-26(32)29(35)36/h3-4,9-10,19-23,26H,2,5-8,11-18H2,1H3,(H,35,36)/t19-,20+,21-,22-,23+,26-/m0/s1. The summed E-state index contributed by atoms with van der Waals surface area (Å²) in [6, 6.07) is 8.53. The minimum atomic E-state index is -0.879. The van der Waals surface area contributed by atoms with Gasteiger partial charge in [-0.15, -0.1) is 0 Å². The zero-order chi connectivity index (χ0) is 24.8. The van der Waals surface area contributed by atoms with Crippen molar-refractivity contribution in [2.75, 3.05) is 18.0 Å². The molecule has 1 aromatic heterocycles. The van der Waals surface area contributed by atoms with Crippen LogP contribution in [0.1, 0.15) is 83.6 Å². The van der Waals surface area contributed by atoms with Crippen LogP contribution >= 0.6 is 0 Å². The maximum absolute atomic E-state index is 13.9. The molecule has 0 unspecified atom stereocenters. The third-order valence-corrected chi connectivity index (χ3v) is 9.65. The highest BCUT2D eigenvalue weighted by Crippen LogP contribution is 2.44. The van der Waals surface area contributed by atoms with Crippen molar-refractivity contribution in [1.29, 1.82) is 0 Å². The third kappa shape index (κ3) is 4.23. The van der Waals surface area contributed by atoms with Crippen molar-refractivity contribution >= 4 is 22.8 Å². The van der Waals surface area contributed by atoms with Crippen LogP contribution in [0.4, 0.5) is 5.82 Å². The number of para-hydroxylation sites is 2. The van der Waals surface area contributed by atoms with E-state index in [1.54, 1.807) is 4.90 Å². The van der Waals surface area contributed by atoms with Gasteiger partial charge in [-0.1, -0.05) is 44.7 Å². The number of carboxylic acids is 1. The fourth-order valence-electron chi connectivity index (χ4n) is 7.94. The monoisotopic (exact) mass is 492 g/mol. The zero-order valence-corrected chi connectivity index (χ0v) is 21.5. The summed E-state index contributed by atoms with van der Waals surface area (Å²) >= 11 is 0. The second-order valence-electron chi connectivity index (χ2n) is 11.8. The number of fused-ring (bicyclic) bond motifs is 3. The Balaban J connectivity index is 1.32. The van der Waals surface area contributed by atoms with Crippen LogP contribution in [0, 0.1) is 11.8 Å². The number of nitrogens with zero attached hydrogens (tertiary/aromatic N) is 4. The van der Waals surface area contributed by atoms with Crippen molar-refractivity contribution in [1.82, 2.24) is 14.5 Å². The Morgan fingerprint density at radius 3 is 2.47 bits per heavy atom. The minimum absolute atomic E-state index is 0.115. The summed E-state index contributed by atoms with van der Waals surface area (Å²) in [7, 11) is 0. The maximum atomic E-state index is 13.9. The highest BCUT2D eigenvalue weighted by atomic mass is 16.4. The van der Waals surface area contributed by atoms with Crippen molar-refractivity contribution in [2.24, 2.45) is 11.8 Å². The molecular weight excluding hydrogens is 452 g/mol. The van der Waals surface area contributed by atoms with Gasteiger partial charge in [-0.05, 0) is 68.9 Å². The quantitative estimate of drug-likeness (QED) is 0.622. The number of carbonyl (C=O) groups is 1. The van der Waals surface area contributed by atoms with E-state index in [2.05, 4.69) is 16.8 Å². The highest BCUT2D eigenvalue weighted by molar-refractivity contribution is 5.81. The minimum Gasteiger partial charge on any atom is -0.480 e. The number of hydrogen-bond acceptors (Lipinski definition) is 5. The Kier molecular flexibility index (Phi) is 6.53. The molecule has 2 aliphatic heterocycles. The summed E-state index contributed by atoms with van der Waals surface area (Å²) in [5.74, 6) is 1.25. The summed E-state index contributed by atoms with van der Waals surface area (Å²) in [5.41, 5.74) is 1.53. The van der Waals surface area contributed by atoms with Crippen molar-refractivity contribution in [3.8, 4) is 0 Å². The Bertz CT molecular complexity index is 1170. The van der Waals surface area contributed by atoms with Gasteiger partial charge in [0, 0.05) is 31.2 Å². The lowest BCUT2D eigenvalue weighted by Crippen LogP contribution is -2.55. The van der Waals surface area contributed by atoms with Gasteiger partial charge in [0.2, 0.25) is 0 Å². The molecule has 2 aliphatic carbocycles. The SMILES string of the molecule is CCC[C@H]1C[C@@H](n2c(=O)c(N3CC[C@H]3C(=O)O)nc3ccccc32)CCN1[C@H]1C[C@@H]2CCC[C@@H](C2)C1. The van der Waals surface area contributed by atoms with Gasteiger partial charge in [0.1, 0.15) is 6.04 Å². The molecule has 36 heavy (non-hydrogen) atoms. The lowest BCUT2D eigenvalue weighted by Gasteiger charge is -2.49. The molecule has 6 rings (SSSR count). The Labute approximate surface area is 213 Å². The van der Waals surface area contributed by atoms with Crippen LogP contribution in [0.3, 0.4) is 0 Å². The second-order valence-corrected chi connectivity index (χ2v) is 11.8. The van der Waals surface area contributed by atoms with Crippen LogP contribution < -0.4 is 10.5 Å². The van der Waals surface area contributed by atoms with Crippen LogP contribution in [0.15, 0.2) is 29.1 Å². The number of hydrogen-bond donors (Lipinski definition) is 1. The molecule has 7 heteroatoms. The van der Waals surface area contributed by atoms with Gasteiger partial charge in [0.25, 0.3) is 5.56 Å². The molecule has 4 fully saturated rings. The van der Waals surface area contributed by atoms with Crippen LogP contribution in [-0.4, -0.2) is 56.7 Å². The van der Waals surface area contributed by atoms with Gasteiger partial charge in [-0.25, -0.2) is 9.78 Å². The molecule has 6 atom stereocenters. The molecular formula is C29H40N4O3. The average Bonchev–Trinajstić information content (AvgIpc) is 2.83. The predicted molar refractivity (Wildman–Crippen MR) is 142 cm³/mol. The van der Waals surface area contributed by atoms with Crippen molar-refractivity contribution < 1.29 is 9.90 Å². The van der Waals surface area contributed by atoms with Gasteiger partial charge >= 0.3 is 5.97 Å². The molecule has 2 aromatic rings. The summed E-state index contributed by atoms with van der Waals surface area (Å²) in [6.45, 7) is 3.89. The molecule has 7 nitrogen and oxygen atoms in total. The lowest BCUT2D eigenvalue weighted by atomic mass is 9.69. The van der Waals surface area contributed by atoms with Crippen molar-refractivity contribution in [2.45, 2.75) is 102 Å². The summed E-state index contributed by atoms with van der Waals surface area (Å²) in [5, 5.41) is 9.61. The molecule has 1 aromatic carbocycles. The van der Waals surface area contributed by atoms with Gasteiger partial charge in [0.15, 0.2) is 5.82 Å².